The van der Waals surface area contributed by atoms with E-state index < -0.39 is 11.7 Å². The molecule has 0 unspecified atom stereocenters. The number of amides is 1. The molecule has 0 saturated carbocycles. The summed E-state index contributed by atoms with van der Waals surface area (Å²) in [5, 5.41) is 3.98. The number of carbonyl (C=O) groups is 1. The predicted molar refractivity (Wildman–Crippen MR) is 93.7 cm³/mol. The minimum Gasteiger partial charge on any atom is -0.342 e. The van der Waals surface area contributed by atoms with Gasteiger partial charge in [-0.2, -0.15) is 18.3 Å². The highest BCUT2D eigenvalue weighted by Gasteiger charge is 2.33. The van der Waals surface area contributed by atoms with Crippen molar-refractivity contribution >= 4 is 5.91 Å². The van der Waals surface area contributed by atoms with Gasteiger partial charge >= 0.3 is 6.18 Å². The van der Waals surface area contributed by atoms with Crippen LogP contribution in [-0.4, -0.2) is 38.7 Å². The average Bonchev–Trinajstić information content (AvgIpc) is 3.18. The molecular formula is C19H23F3N4O. The fraction of sp³-hybridized carbons (Fsp3) is 0.526. The van der Waals surface area contributed by atoms with Crippen molar-refractivity contribution in [1.82, 2.24) is 19.7 Å². The summed E-state index contributed by atoms with van der Waals surface area (Å²) < 4.78 is 41.0. The maximum atomic E-state index is 13.1. The fourth-order valence-electron chi connectivity index (χ4n) is 3.62. The highest BCUT2D eigenvalue weighted by atomic mass is 19.4. The highest BCUT2D eigenvalue weighted by molar-refractivity contribution is 5.76. The highest BCUT2D eigenvalue weighted by Crippen LogP contribution is 2.33. The summed E-state index contributed by atoms with van der Waals surface area (Å²) in [7, 11) is 0. The molecule has 1 fully saturated rings. The smallest absolute Gasteiger partial charge is 0.342 e. The number of benzene rings is 1. The van der Waals surface area contributed by atoms with Crippen molar-refractivity contribution in [3.05, 3.63) is 48.0 Å². The summed E-state index contributed by atoms with van der Waals surface area (Å²) >= 11 is 0. The third-order valence-electron chi connectivity index (χ3n) is 5.04. The van der Waals surface area contributed by atoms with Crippen LogP contribution < -0.4 is 0 Å². The van der Waals surface area contributed by atoms with Crippen LogP contribution >= 0.6 is 0 Å². The summed E-state index contributed by atoms with van der Waals surface area (Å²) in [6, 6.07) is 5.75. The zero-order chi connectivity index (χ0) is 19.3. The maximum absolute atomic E-state index is 13.1. The number of likely N-dealkylation sites (tertiary alicyclic amines) is 1. The van der Waals surface area contributed by atoms with Crippen molar-refractivity contribution in [2.24, 2.45) is 5.92 Å². The molecule has 0 spiro atoms. The van der Waals surface area contributed by atoms with Gasteiger partial charge in [0, 0.05) is 19.5 Å². The predicted octanol–water partition coefficient (Wildman–Crippen LogP) is 3.56. The molecule has 0 aliphatic carbocycles. The van der Waals surface area contributed by atoms with E-state index in [0.29, 0.717) is 44.5 Å². The first-order valence-electron chi connectivity index (χ1n) is 9.19. The summed E-state index contributed by atoms with van der Waals surface area (Å²) in [6.45, 7) is 1.81. The van der Waals surface area contributed by atoms with Gasteiger partial charge in [-0.1, -0.05) is 18.2 Å². The van der Waals surface area contributed by atoms with E-state index in [1.165, 1.54) is 12.4 Å². The Morgan fingerprint density at radius 2 is 2.07 bits per heavy atom. The van der Waals surface area contributed by atoms with Gasteiger partial charge in [0.1, 0.15) is 12.7 Å². The van der Waals surface area contributed by atoms with Crippen molar-refractivity contribution in [1.29, 1.82) is 0 Å². The summed E-state index contributed by atoms with van der Waals surface area (Å²) in [4.78, 5) is 18.1. The number of aromatic nitrogens is 3. The molecule has 1 saturated heterocycles. The lowest BCUT2D eigenvalue weighted by molar-refractivity contribution is -0.138. The van der Waals surface area contributed by atoms with Gasteiger partial charge in [0.2, 0.25) is 5.91 Å². The van der Waals surface area contributed by atoms with Gasteiger partial charge in [0.05, 0.1) is 12.1 Å². The first-order chi connectivity index (χ1) is 12.9. The summed E-state index contributed by atoms with van der Waals surface area (Å²) in [6.07, 6.45) is 1.90. The second-order valence-electron chi connectivity index (χ2n) is 6.95. The van der Waals surface area contributed by atoms with E-state index >= 15 is 0 Å². The summed E-state index contributed by atoms with van der Waals surface area (Å²) in [5.74, 6) is 0.293. The molecule has 0 radical (unpaired) electrons. The van der Waals surface area contributed by atoms with Gasteiger partial charge in [0.25, 0.3) is 0 Å². The Balaban J connectivity index is 1.52. The standard InChI is InChI=1S/C19H23F3N4O/c20-19(21,22)17-6-2-1-5-16(17)8-7-15-4-3-10-25(12-15)18(27)9-11-26-14-23-13-24-26/h1-2,5-6,13-15H,3-4,7-12H2/t15-/m0/s1. The Bertz CT molecular complexity index is 746. The zero-order valence-electron chi connectivity index (χ0n) is 15.0. The van der Waals surface area contributed by atoms with Crippen LogP contribution in [0.3, 0.4) is 0 Å². The van der Waals surface area contributed by atoms with Crippen LogP contribution in [-0.2, 0) is 23.9 Å². The van der Waals surface area contributed by atoms with E-state index in [9.17, 15) is 18.0 Å². The molecular weight excluding hydrogens is 357 g/mol. The van der Waals surface area contributed by atoms with Gasteiger partial charge in [-0.25, -0.2) is 4.98 Å². The van der Waals surface area contributed by atoms with Gasteiger partial charge in [-0.3, -0.25) is 9.48 Å². The monoisotopic (exact) mass is 380 g/mol. The maximum Gasteiger partial charge on any atom is 0.416 e. The number of rotatable bonds is 6. The zero-order valence-corrected chi connectivity index (χ0v) is 15.0. The number of piperidine rings is 1. The third-order valence-corrected chi connectivity index (χ3v) is 5.04. The molecule has 1 atom stereocenters. The van der Waals surface area contributed by atoms with Crippen LogP contribution in [0.15, 0.2) is 36.9 Å². The van der Waals surface area contributed by atoms with Crippen LogP contribution in [0.2, 0.25) is 0 Å². The van der Waals surface area contributed by atoms with Crippen molar-refractivity contribution in [2.75, 3.05) is 13.1 Å². The van der Waals surface area contributed by atoms with E-state index in [4.69, 9.17) is 0 Å². The minimum atomic E-state index is -4.33. The van der Waals surface area contributed by atoms with Gasteiger partial charge in [0.15, 0.2) is 0 Å². The lowest BCUT2D eigenvalue weighted by atomic mass is 9.90. The van der Waals surface area contributed by atoms with Crippen LogP contribution in [0.4, 0.5) is 13.2 Å². The normalized spacial score (nSPS) is 17.9. The van der Waals surface area contributed by atoms with Crippen LogP contribution in [0.1, 0.15) is 36.8 Å². The number of hydrogen-bond donors (Lipinski definition) is 0. The number of hydrogen-bond acceptors (Lipinski definition) is 3. The van der Waals surface area contributed by atoms with Crippen molar-refractivity contribution < 1.29 is 18.0 Å². The van der Waals surface area contributed by atoms with E-state index in [-0.39, 0.29) is 11.8 Å². The van der Waals surface area contributed by atoms with Crippen molar-refractivity contribution in [2.45, 2.75) is 44.8 Å². The molecule has 2 heterocycles. The van der Waals surface area contributed by atoms with Gasteiger partial charge in [-0.15, -0.1) is 0 Å². The molecule has 1 amide bonds. The third kappa shape index (κ3) is 5.30. The Morgan fingerprint density at radius 1 is 1.26 bits per heavy atom. The van der Waals surface area contributed by atoms with E-state index in [2.05, 4.69) is 10.1 Å². The number of alkyl halides is 3. The molecule has 146 valence electrons. The van der Waals surface area contributed by atoms with Gasteiger partial charge < -0.3 is 4.90 Å². The van der Waals surface area contributed by atoms with Crippen molar-refractivity contribution in [3.8, 4) is 0 Å². The minimum absolute atomic E-state index is 0.0610. The molecule has 2 aromatic rings. The van der Waals surface area contributed by atoms with E-state index in [1.807, 2.05) is 4.90 Å². The lowest BCUT2D eigenvalue weighted by Gasteiger charge is -2.33. The Morgan fingerprint density at radius 3 is 2.81 bits per heavy atom. The molecule has 1 aromatic carbocycles. The quantitative estimate of drug-likeness (QED) is 0.770. The van der Waals surface area contributed by atoms with Crippen molar-refractivity contribution in [3.63, 3.8) is 0 Å². The number of halogens is 3. The first-order valence-corrected chi connectivity index (χ1v) is 9.19. The van der Waals surface area contributed by atoms with E-state index in [1.54, 1.807) is 23.1 Å². The van der Waals surface area contributed by atoms with Crippen LogP contribution in [0.25, 0.3) is 0 Å². The summed E-state index contributed by atoms with van der Waals surface area (Å²) in [5.41, 5.74) is -0.221. The molecule has 5 nitrogen and oxygen atoms in total. The Kier molecular flexibility index (Phi) is 6.13. The Hall–Kier alpha value is -2.38. The first kappa shape index (κ1) is 19.4. The topological polar surface area (TPSA) is 51.0 Å². The molecule has 8 heteroatoms. The lowest BCUT2D eigenvalue weighted by Crippen LogP contribution is -2.40. The second-order valence-corrected chi connectivity index (χ2v) is 6.95. The fourth-order valence-corrected chi connectivity index (χ4v) is 3.62. The second kappa shape index (κ2) is 8.54. The molecule has 1 aliphatic rings. The Labute approximate surface area is 156 Å². The molecule has 3 rings (SSSR count). The van der Waals surface area contributed by atoms with Crippen LogP contribution in [0.5, 0.6) is 0 Å². The number of aryl methyl sites for hydroxylation is 2. The molecule has 1 aromatic heterocycles. The average molecular weight is 380 g/mol. The molecule has 0 N–H and O–H groups in total. The molecule has 1 aliphatic heterocycles. The SMILES string of the molecule is O=C(CCn1cncn1)N1CCC[C@@H](CCc2ccccc2C(F)(F)F)C1. The van der Waals surface area contributed by atoms with E-state index in [0.717, 1.165) is 18.9 Å². The van der Waals surface area contributed by atoms with Gasteiger partial charge in [-0.05, 0) is 43.2 Å². The largest absolute Gasteiger partial charge is 0.416 e. The number of nitrogens with zero attached hydrogens (tertiary/aromatic N) is 4. The molecule has 27 heavy (non-hydrogen) atoms. The van der Waals surface area contributed by atoms with Crippen LogP contribution in [0, 0.1) is 5.92 Å². The molecule has 0 bridgehead atoms. The number of carbonyl (C=O) groups excluding carboxylic acids is 1.